The average Bonchev–Trinajstić information content (AvgIpc) is 3.03. The first-order valence-electron chi connectivity index (χ1n) is 9.64. The van der Waals surface area contributed by atoms with Crippen LogP contribution < -0.4 is 4.74 Å². The number of aromatic nitrogens is 1. The predicted molar refractivity (Wildman–Crippen MR) is 112 cm³/mol. The predicted octanol–water partition coefficient (Wildman–Crippen LogP) is 3.32. The van der Waals surface area contributed by atoms with E-state index in [0.29, 0.717) is 18.3 Å². The molecule has 4 rings (SSSR count). The van der Waals surface area contributed by atoms with E-state index in [1.807, 2.05) is 47.8 Å². The van der Waals surface area contributed by atoms with Crippen molar-refractivity contribution < 1.29 is 9.53 Å². The Bertz CT molecular complexity index is 1020. The van der Waals surface area contributed by atoms with Gasteiger partial charge in [0.25, 0.3) is 5.91 Å². The molecule has 0 spiro atoms. The van der Waals surface area contributed by atoms with Gasteiger partial charge in [0.05, 0.1) is 7.11 Å². The lowest BCUT2D eigenvalue weighted by Gasteiger charge is -2.36. The number of fused-ring (bicyclic) bond motifs is 2. The highest BCUT2D eigenvalue weighted by atomic mass is 16.5. The Hall–Kier alpha value is -2.79. The van der Waals surface area contributed by atoms with Crippen molar-refractivity contribution in [2.45, 2.75) is 19.0 Å². The molecule has 5 nitrogen and oxygen atoms in total. The van der Waals surface area contributed by atoms with Crippen LogP contribution in [-0.2, 0) is 20.0 Å². The molecule has 1 aromatic heterocycles. The molecule has 3 aromatic rings. The van der Waals surface area contributed by atoms with Crippen LogP contribution in [0.2, 0.25) is 0 Å². The molecule has 1 amide bonds. The van der Waals surface area contributed by atoms with E-state index in [-0.39, 0.29) is 5.91 Å². The standard InChI is InChI=1S/C23H27N3O2/c1-24-14-17-8-6-5-7-16(17)11-19(24)15-25(2)23(27)22-13-18-12-20(28-4)9-10-21(18)26(22)3/h5-10,12-13,19H,11,14-15H2,1-4H3/t19-/m1/s1. The van der Waals surface area contributed by atoms with Gasteiger partial charge in [-0.25, -0.2) is 0 Å². The molecule has 0 N–H and O–H groups in total. The lowest BCUT2D eigenvalue weighted by molar-refractivity contribution is 0.0724. The molecule has 146 valence electrons. The molecule has 1 atom stereocenters. The number of benzene rings is 2. The summed E-state index contributed by atoms with van der Waals surface area (Å²) in [5, 5.41) is 1.02. The maximum absolute atomic E-state index is 13.2. The quantitative estimate of drug-likeness (QED) is 0.700. The molecule has 28 heavy (non-hydrogen) atoms. The van der Waals surface area contributed by atoms with Crippen molar-refractivity contribution in [3.63, 3.8) is 0 Å². The zero-order chi connectivity index (χ0) is 19.8. The number of methoxy groups -OCH3 is 1. The Balaban J connectivity index is 1.54. The van der Waals surface area contributed by atoms with Gasteiger partial charge in [-0.05, 0) is 48.9 Å². The maximum Gasteiger partial charge on any atom is 0.270 e. The summed E-state index contributed by atoms with van der Waals surface area (Å²) in [5.41, 5.74) is 4.51. The molecule has 0 unspecified atom stereocenters. The van der Waals surface area contributed by atoms with Crippen molar-refractivity contribution in [2.24, 2.45) is 7.05 Å². The number of ether oxygens (including phenoxy) is 1. The molecule has 0 radical (unpaired) electrons. The molecule has 2 aromatic carbocycles. The molecule has 0 fully saturated rings. The largest absolute Gasteiger partial charge is 0.497 e. The zero-order valence-corrected chi connectivity index (χ0v) is 17.0. The highest BCUT2D eigenvalue weighted by Gasteiger charge is 2.26. The fourth-order valence-corrected chi connectivity index (χ4v) is 4.18. The van der Waals surface area contributed by atoms with Crippen molar-refractivity contribution >= 4 is 16.8 Å². The number of amides is 1. The van der Waals surface area contributed by atoms with E-state index in [4.69, 9.17) is 4.74 Å². The van der Waals surface area contributed by atoms with Crippen LogP contribution in [-0.4, -0.2) is 54.1 Å². The normalized spacial score (nSPS) is 16.8. The van der Waals surface area contributed by atoms with Gasteiger partial charge in [-0.2, -0.15) is 0 Å². The van der Waals surface area contributed by atoms with Crippen molar-refractivity contribution in [2.75, 3.05) is 27.7 Å². The molecule has 0 saturated carbocycles. The molecular weight excluding hydrogens is 350 g/mol. The number of nitrogens with zero attached hydrogens (tertiary/aromatic N) is 3. The van der Waals surface area contributed by atoms with E-state index in [9.17, 15) is 4.79 Å². The van der Waals surface area contributed by atoms with Gasteiger partial charge in [0.2, 0.25) is 0 Å². The van der Waals surface area contributed by atoms with Gasteiger partial charge in [0.1, 0.15) is 11.4 Å². The first-order chi connectivity index (χ1) is 13.5. The topological polar surface area (TPSA) is 37.7 Å². The second-order valence-corrected chi connectivity index (χ2v) is 7.74. The molecule has 0 bridgehead atoms. The average molecular weight is 377 g/mol. The number of hydrogen-bond donors (Lipinski definition) is 0. The van der Waals surface area contributed by atoms with Gasteiger partial charge in [-0.15, -0.1) is 0 Å². The van der Waals surface area contributed by atoms with E-state index < -0.39 is 0 Å². The SMILES string of the molecule is COc1ccc2c(c1)cc(C(=O)N(C)C[C@H]1Cc3ccccc3CN1C)n2C. The lowest BCUT2D eigenvalue weighted by Crippen LogP contribution is -2.46. The molecule has 1 aliphatic rings. The molecule has 0 aliphatic carbocycles. The van der Waals surface area contributed by atoms with Crippen molar-refractivity contribution in [1.82, 2.24) is 14.4 Å². The van der Waals surface area contributed by atoms with Gasteiger partial charge in [0, 0.05) is 44.1 Å². The Morgan fingerprint density at radius 2 is 1.89 bits per heavy atom. The number of aryl methyl sites for hydroxylation is 1. The van der Waals surface area contributed by atoms with Crippen molar-refractivity contribution in [3.05, 3.63) is 65.4 Å². The highest BCUT2D eigenvalue weighted by molar-refractivity contribution is 5.99. The van der Waals surface area contributed by atoms with Gasteiger partial charge >= 0.3 is 0 Å². The van der Waals surface area contributed by atoms with E-state index in [2.05, 4.69) is 36.2 Å². The summed E-state index contributed by atoms with van der Waals surface area (Å²) in [6.45, 7) is 1.63. The maximum atomic E-state index is 13.2. The van der Waals surface area contributed by atoms with E-state index >= 15 is 0 Å². The fraction of sp³-hybridized carbons (Fsp3) is 0.348. The number of carbonyl (C=O) groups excluding carboxylic acids is 1. The fourth-order valence-electron chi connectivity index (χ4n) is 4.18. The minimum atomic E-state index is 0.0462. The summed E-state index contributed by atoms with van der Waals surface area (Å²) in [6.07, 6.45) is 0.969. The second kappa shape index (κ2) is 7.32. The minimum absolute atomic E-state index is 0.0462. The Kier molecular flexibility index (Phi) is 4.85. The molecule has 0 saturated heterocycles. The van der Waals surface area contributed by atoms with Gasteiger partial charge < -0.3 is 14.2 Å². The van der Waals surface area contributed by atoms with Crippen LogP contribution in [0.4, 0.5) is 0 Å². The third-order valence-electron chi connectivity index (χ3n) is 5.92. The van der Waals surface area contributed by atoms with Crippen LogP contribution >= 0.6 is 0 Å². The first-order valence-corrected chi connectivity index (χ1v) is 9.64. The molecule has 5 heteroatoms. The summed E-state index contributed by atoms with van der Waals surface area (Å²) in [4.78, 5) is 17.4. The number of rotatable bonds is 4. The van der Waals surface area contributed by atoms with Crippen LogP contribution in [0.5, 0.6) is 5.75 Å². The summed E-state index contributed by atoms with van der Waals surface area (Å²) in [5.74, 6) is 0.845. The van der Waals surface area contributed by atoms with Crippen LogP contribution in [0.3, 0.4) is 0 Å². The summed E-state index contributed by atoms with van der Waals surface area (Å²) in [6, 6.07) is 16.8. The van der Waals surface area contributed by atoms with Crippen molar-refractivity contribution in [1.29, 1.82) is 0 Å². The van der Waals surface area contributed by atoms with E-state index in [1.165, 1.54) is 11.1 Å². The number of hydrogen-bond acceptors (Lipinski definition) is 3. The monoisotopic (exact) mass is 377 g/mol. The van der Waals surface area contributed by atoms with Gasteiger partial charge in [-0.3, -0.25) is 9.69 Å². The zero-order valence-electron chi connectivity index (χ0n) is 17.0. The summed E-state index contributed by atoms with van der Waals surface area (Å²) >= 11 is 0. The molecule has 1 aliphatic heterocycles. The van der Waals surface area contributed by atoms with Crippen LogP contribution in [0, 0.1) is 0 Å². The third-order valence-corrected chi connectivity index (χ3v) is 5.92. The van der Waals surface area contributed by atoms with Gasteiger partial charge in [0.15, 0.2) is 0 Å². The third kappa shape index (κ3) is 3.27. The highest BCUT2D eigenvalue weighted by Crippen LogP contribution is 2.26. The van der Waals surface area contributed by atoms with Gasteiger partial charge in [-0.1, -0.05) is 24.3 Å². The lowest BCUT2D eigenvalue weighted by atomic mass is 9.94. The van der Waals surface area contributed by atoms with Crippen LogP contribution in [0.25, 0.3) is 10.9 Å². The van der Waals surface area contributed by atoms with Crippen LogP contribution in [0.15, 0.2) is 48.5 Å². The molecular formula is C23H27N3O2. The second-order valence-electron chi connectivity index (χ2n) is 7.74. The Morgan fingerprint density at radius 1 is 1.14 bits per heavy atom. The Labute approximate surface area is 166 Å². The van der Waals surface area contributed by atoms with E-state index in [1.54, 1.807) is 7.11 Å². The summed E-state index contributed by atoms with van der Waals surface area (Å²) in [7, 11) is 7.64. The smallest absolute Gasteiger partial charge is 0.270 e. The van der Waals surface area contributed by atoms with Crippen molar-refractivity contribution in [3.8, 4) is 5.75 Å². The first kappa shape index (κ1) is 18.6. The Morgan fingerprint density at radius 3 is 2.64 bits per heavy atom. The molecule has 2 heterocycles. The summed E-state index contributed by atoms with van der Waals surface area (Å²) < 4.78 is 7.28. The number of likely N-dealkylation sites (N-methyl/N-ethyl adjacent to an activating group) is 2. The van der Waals surface area contributed by atoms with E-state index in [0.717, 1.165) is 29.6 Å². The van der Waals surface area contributed by atoms with Crippen LogP contribution in [0.1, 0.15) is 21.6 Å². The number of carbonyl (C=O) groups is 1. The minimum Gasteiger partial charge on any atom is -0.497 e.